The topological polar surface area (TPSA) is 116 Å². The van der Waals surface area contributed by atoms with Crippen molar-refractivity contribution < 1.29 is 28.7 Å². The highest BCUT2D eigenvalue weighted by molar-refractivity contribution is 6.21. The second kappa shape index (κ2) is 8.09. The quantitative estimate of drug-likeness (QED) is 0.639. The van der Waals surface area contributed by atoms with Crippen molar-refractivity contribution in [2.24, 2.45) is 0 Å². The average Bonchev–Trinajstić information content (AvgIpc) is 2.92. The van der Waals surface area contributed by atoms with E-state index in [4.69, 9.17) is 5.11 Å². The second-order valence-corrected chi connectivity index (χ2v) is 6.51. The minimum Gasteiger partial charge on any atom is -0.465 e. The number of nitrogens with zero attached hydrogens (tertiary/aromatic N) is 1. The van der Waals surface area contributed by atoms with E-state index in [1.165, 1.54) is 31.3 Å². The van der Waals surface area contributed by atoms with Crippen LogP contribution in [0, 0.1) is 5.82 Å². The highest BCUT2D eigenvalue weighted by Gasteiger charge is 2.36. The van der Waals surface area contributed by atoms with Crippen LogP contribution in [0.5, 0.6) is 0 Å². The number of halogens is 1. The van der Waals surface area contributed by atoms with Crippen LogP contribution in [0.25, 0.3) is 0 Å². The first kappa shape index (κ1) is 20.0. The first-order valence-electron chi connectivity index (χ1n) is 8.77. The fraction of sp³-hybridized carbons (Fsp3) is 0.200. The summed E-state index contributed by atoms with van der Waals surface area (Å²) in [5.41, 5.74) is 0.782. The van der Waals surface area contributed by atoms with E-state index < -0.39 is 35.7 Å². The van der Waals surface area contributed by atoms with Gasteiger partial charge in [-0.15, -0.1) is 0 Å². The first-order valence-corrected chi connectivity index (χ1v) is 8.77. The van der Waals surface area contributed by atoms with Gasteiger partial charge in [-0.1, -0.05) is 18.2 Å². The Kier molecular flexibility index (Phi) is 5.58. The van der Waals surface area contributed by atoms with Gasteiger partial charge in [0.15, 0.2) is 0 Å². The average molecular weight is 399 g/mol. The summed E-state index contributed by atoms with van der Waals surface area (Å²) in [6, 6.07) is 9.39. The molecule has 0 aliphatic carbocycles. The number of imide groups is 1. The van der Waals surface area contributed by atoms with Gasteiger partial charge in [-0.3, -0.25) is 19.3 Å². The highest BCUT2D eigenvalue weighted by Crippen LogP contribution is 2.23. The van der Waals surface area contributed by atoms with Crippen molar-refractivity contribution >= 4 is 23.8 Å². The summed E-state index contributed by atoms with van der Waals surface area (Å²) in [7, 11) is 1.38. The van der Waals surface area contributed by atoms with Crippen LogP contribution in [-0.2, 0) is 6.42 Å². The molecule has 0 spiro atoms. The van der Waals surface area contributed by atoms with Gasteiger partial charge in [-0.2, -0.15) is 0 Å². The molecule has 0 fully saturated rings. The van der Waals surface area contributed by atoms with E-state index in [0.29, 0.717) is 5.56 Å². The van der Waals surface area contributed by atoms with E-state index in [1.54, 1.807) is 12.1 Å². The van der Waals surface area contributed by atoms with Crippen molar-refractivity contribution in [3.05, 3.63) is 70.5 Å². The maximum absolute atomic E-state index is 14.2. The van der Waals surface area contributed by atoms with Crippen LogP contribution >= 0.6 is 0 Å². The molecule has 3 rings (SSSR count). The summed E-state index contributed by atoms with van der Waals surface area (Å²) >= 11 is 0. The minimum absolute atomic E-state index is 0.0185. The lowest BCUT2D eigenvalue weighted by atomic mass is 10.0. The molecule has 1 aliphatic rings. The normalized spacial score (nSPS) is 13.8. The van der Waals surface area contributed by atoms with Gasteiger partial charge in [-0.25, -0.2) is 9.18 Å². The van der Waals surface area contributed by atoms with Gasteiger partial charge in [0.25, 0.3) is 17.7 Å². The van der Waals surface area contributed by atoms with Crippen LogP contribution in [0.2, 0.25) is 0 Å². The minimum atomic E-state index is -1.34. The van der Waals surface area contributed by atoms with E-state index in [9.17, 15) is 23.6 Å². The number of carbonyl (C=O) groups is 4. The molecule has 2 aromatic rings. The number of carbonyl (C=O) groups excluding carboxylic acids is 3. The zero-order valence-corrected chi connectivity index (χ0v) is 15.4. The van der Waals surface area contributed by atoms with Crippen molar-refractivity contribution in [1.29, 1.82) is 0 Å². The number of amides is 4. The number of fused-ring (bicyclic) bond motifs is 1. The molecule has 0 saturated carbocycles. The molecule has 0 aromatic heterocycles. The largest absolute Gasteiger partial charge is 0.465 e. The van der Waals surface area contributed by atoms with Gasteiger partial charge < -0.3 is 15.7 Å². The third-order valence-electron chi connectivity index (χ3n) is 4.60. The molecule has 2 aromatic carbocycles. The summed E-state index contributed by atoms with van der Waals surface area (Å²) in [6.45, 7) is -0.211. The molecular weight excluding hydrogens is 381 g/mol. The number of rotatable bonds is 6. The Morgan fingerprint density at radius 1 is 1.10 bits per heavy atom. The van der Waals surface area contributed by atoms with Crippen LogP contribution in [0.3, 0.4) is 0 Å². The molecule has 8 nitrogen and oxygen atoms in total. The monoisotopic (exact) mass is 399 g/mol. The number of hydrogen-bond donors (Lipinski definition) is 3. The van der Waals surface area contributed by atoms with Crippen molar-refractivity contribution in [3.8, 4) is 0 Å². The van der Waals surface area contributed by atoms with Crippen LogP contribution in [0.4, 0.5) is 9.18 Å². The fourth-order valence-electron chi connectivity index (χ4n) is 3.25. The van der Waals surface area contributed by atoms with Gasteiger partial charge in [0.1, 0.15) is 5.82 Å². The zero-order chi connectivity index (χ0) is 21.1. The Hall–Kier alpha value is -3.75. The van der Waals surface area contributed by atoms with Gasteiger partial charge in [0.2, 0.25) is 0 Å². The number of hydrogen-bond acceptors (Lipinski definition) is 4. The van der Waals surface area contributed by atoms with E-state index in [0.717, 1.165) is 11.0 Å². The van der Waals surface area contributed by atoms with E-state index >= 15 is 0 Å². The number of carboxylic acid groups (broad SMARTS) is 1. The van der Waals surface area contributed by atoms with Crippen LogP contribution < -0.4 is 10.6 Å². The standard InChI is InChI=1S/C20H18FN3O5/c1-22-17(25)15-7-6-11(9-16(15)21)8-12(23-20(28)29)10-24-18(26)13-4-2-3-5-14(13)19(24)27/h2-7,9,12,23H,8,10H2,1H3,(H,22,25)(H,28,29)/t12-/m0/s1. The molecule has 3 N–H and O–H groups in total. The molecule has 0 radical (unpaired) electrons. The second-order valence-electron chi connectivity index (χ2n) is 6.51. The molecule has 0 saturated heterocycles. The molecule has 0 unspecified atom stereocenters. The molecule has 4 amide bonds. The Labute approximate surface area is 165 Å². The van der Waals surface area contributed by atoms with Crippen LogP contribution in [0.15, 0.2) is 42.5 Å². The molecule has 1 aliphatic heterocycles. The molecule has 0 bridgehead atoms. The summed E-state index contributed by atoms with van der Waals surface area (Å²) in [4.78, 5) is 48.8. The van der Waals surface area contributed by atoms with Crippen LogP contribution in [0.1, 0.15) is 36.6 Å². The lowest BCUT2D eigenvalue weighted by Gasteiger charge is -2.23. The zero-order valence-electron chi connectivity index (χ0n) is 15.4. The lowest BCUT2D eigenvalue weighted by Crippen LogP contribution is -2.46. The molecule has 150 valence electrons. The predicted molar refractivity (Wildman–Crippen MR) is 100 cm³/mol. The maximum atomic E-state index is 14.2. The maximum Gasteiger partial charge on any atom is 0.404 e. The molecule has 1 atom stereocenters. The van der Waals surface area contributed by atoms with E-state index in [2.05, 4.69) is 10.6 Å². The predicted octanol–water partition coefficient (Wildman–Crippen LogP) is 1.66. The summed E-state index contributed by atoms with van der Waals surface area (Å²) in [5.74, 6) is -2.36. The van der Waals surface area contributed by atoms with Gasteiger partial charge in [0.05, 0.1) is 29.3 Å². The van der Waals surface area contributed by atoms with Gasteiger partial charge in [-0.05, 0) is 36.2 Å². The Bertz CT molecular complexity index is 972. The molecule has 29 heavy (non-hydrogen) atoms. The van der Waals surface area contributed by atoms with Crippen molar-refractivity contribution in [1.82, 2.24) is 15.5 Å². The summed E-state index contributed by atoms with van der Waals surface area (Å²) in [6.07, 6.45) is -1.32. The third kappa shape index (κ3) is 4.08. The molecule has 1 heterocycles. The first-order chi connectivity index (χ1) is 13.8. The smallest absolute Gasteiger partial charge is 0.404 e. The van der Waals surface area contributed by atoms with Crippen molar-refractivity contribution in [2.75, 3.05) is 13.6 Å². The Morgan fingerprint density at radius 3 is 2.24 bits per heavy atom. The van der Waals surface area contributed by atoms with Crippen molar-refractivity contribution in [3.63, 3.8) is 0 Å². The summed E-state index contributed by atoms with van der Waals surface area (Å²) < 4.78 is 14.2. The van der Waals surface area contributed by atoms with E-state index in [-0.39, 0.29) is 29.7 Å². The number of nitrogens with one attached hydrogen (secondary N) is 2. The van der Waals surface area contributed by atoms with Gasteiger partial charge in [0, 0.05) is 7.05 Å². The Morgan fingerprint density at radius 2 is 1.72 bits per heavy atom. The SMILES string of the molecule is CNC(=O)c1ccc(C[C@@H](CN2C(=O)c3ccccc3C2=O)NC(=O)O)cc1F. The summed E-state index contributed by atoms with van der Waals surface area (Å²) in [5, 5.41) is 13.7. The molecular formula is C20H18FN3O5. The van der Waals surface area contributed by atoms with E-state index in [1.807, 2.05) is 0 Å². The lowest BCUT2D eigenvalue weighted by molar-refractivity contribution is 0.0635. The Balaban J connectivity index is 1.80. The third-order valence-corrected chi connectivity index (χ3v) is 4.60. The van der Waals surface area contributed by atoms with Gasteiger partial charge >= 0.3 is 6.09 Å². The van der Waals surface area contributed by atoms with Crippen LogP contribution in [-0.4, -0.2) is 53.5 Å². The highest BCUT2D eigenvalue weighted by atomic mass is 19.1. The molecule has 9 heteroatoms. The number of benzene rings is 2. The fourth-order valence-corrected chi connectivity index (χ4v) is 3.25. The van der Waals surface area contributed by atoms with Crippen molar-refractivity contribution in [2.45, 2.75) is 12.5 Å².